The maximum atomic E-state index is 9.26. The predicted molar refractivity (Wildman–Crippen MR) is 50.6 cm³/mol. The molecule has 0 aromatic heterocycles. The van der Waals surface area contributed by atoms with Crippen molar-refractivity contribution in [2.45, 2.75) is 5.92 Å². The van der Waals surface area contributed by atoms with Gasteiger partial charge in [0.05, 0.1) is 19.8 Å². The Balaban J connectivity index is 2.12. The normalized spacial score (nSPS) is 19.5. The van der Waals surface area contributed by atoms with Gasteiger partial charge in [-0.05, 0) is 5.56 Å². The molecule has 0 amide bonds. The Morgan fingerprint density at radius 1 is 1.31 bits per heavy atom. The monoisotopic (exact) mass is 178 g/mol. The summed E-state index contributed by atoms with van der Waals surface area (Å²) in [5, 5.41) is 9.26. The topological polar surface area (TPSA) is 29.5 Å². The number of benzene rings is 1. The number of hydrogen-bond acceptors (Lipinski definition) is 2. The molecule has 1 aliphatic heterocycles. The molecular formula is C11H14O2. The van der Waals surface area contributed by atoms with Crippen LogP contribution in [0.4, 0.5) is 0 Å². The fraction of sp³-hybridized carbons (Fsp3) is 0.455. The van der Waals surface area contributed by atoms with Gasteiger partial charge in [-0.1, -0.05) is 30.3 Å². The standard InChI is InChI=1S/C11H14O2/c12-6-11(10-7-13-8-10)9-4-2-1-3-5-9/h1-5,10-12H,6-8H2. The molecule has 1 aliphatic rings. The smallest absolute Gasteiger partial charge is 0.0523 e. The molecule has 0 aliphatic carbocycles. The molecule has 1 aromatic carbocycles. The van der Waals surface area contributed by atoms with Crippen molar-refractivity contribution in [3.63, 3.8) is 0 Å². The van der Waals surface area contributed by atoms with Crippen LogP contribution in [0.25, 0.3) is 0 Å². The lowest BCUT2D eigenvalue weighted by molar-refractivity contribution is -0.0527. The van der Waals surface area contributed by atoms with Crippen molar-refractivity contribution in [1.29, 1.82) is 0 Å². The number of rotatable bonds is 3. The minimum atomic E-state index is 0.220. The molecule has 1 unspecified atom stereocenters. The Kier molecular flexibility index (Phi) is 2.62. The van der Waals surface area contributed by atoms with Gasteiger partial charge in [0, 0.05) is 11.8 Å². The molecule has 1 saturated heterocycles. The zero-order valence-electron chi connectivity index (χ0n) is 7.52. The first-order valence-electron chi connectivity index (χ1n) is 4.65. The fourth-order valence-electron chi connectivity index (χ4n) is 1.71. The summed E-state index contributed by atoms with van der Waals surface area (Å²) in [6, 6.07) is 10.2. The van der Waals surface area contributed by atoms with Gasteiger partial charge in [-0.2, -0.15) is 0 Å². The summed E-state index contributed by atoms with van der Waals surface area (Å²) >= 11 is 0. The van der Waals surface area contributed by atoms with Gasteiger partial charge in [-0.25, -0.2) is 0 Å². The highest BCUT2D eigenvalue weighted by atomic mass is 16.5. The van der Waals surface area contributed by atoms with E-state index >= 15 is 0 Å². The lowest BCUT2D eigenvalue weighted by Crippen LogP contribution is -2.34. The summed E-state index contributed by atoms with van der Waals surface area (Å²) < 4.78 is 5.13. The molecule has 2 nitrogen and oxygen atoms in total. The summed E-state index contributed by atoms with van der Waals surface area (Å²) in [6.07, 6.45) is 0. The van der Waals surface area contributed by atoms with Crippen LogP contribution in [0, 0.1) is 5.92 Å². The zero-order chi connectivity index (χ0) is 9.10. The molecule has 1 aromatic rings. The van der Waals surface area contributed by atoms with Crippen molar-refractivity contribution in [2.24, 2.45) is 5.92 Å². The van der Waals surface area contributed by atoms with Gasteiger partial charge in [0.2, 0.25) is 0 Å². The molecule has 0 bridgehead atoms. The summed E-state index contributed by atoms with van der Waals surface area (Å²) in [5.41, 5.74) is 1.22. The van der Waals surface area contributed by atoms with Crippen LogP contribution in [-0.4, -0.2) is 24.9 Å². The number of ether oxygens (including phenoxy) is 1. The third kappa shape index (κ3) is 1.74. The third-order valence-electron chi connectivity index (χ3n) is 2.66. The van der Waals surface area contributed by atoms with Crippen LogP contribution in [-0.2, 0) is 4.74 Å². The van der Waals surface area contributed by atoms with Gasteiger partial charge in [-0.15, -0.1) is 0 Å². The van der Waals surface area contributed by atoms with Crippen molar-refractivity contribution in [2.75, 3.05) is 19.8 Å². The molecule has 1 atom stereocenters. The van der Waals surface area contributed by atoms with Gasteiger partial charge in [0.15, 0.2) is 0 Å². The average Bonchev–Trinajstić information content (AvgIpc) is 2.12. The summed E-state index contributed by atoms with van der Waals surface area (Å²) in [5.74, 6) is 0.766. The van der Waals surface area contributed by atoms with Crippen molar-refractivity contribution in [3.05, 3.63) is 35.9 Å². The van der Waals surface area contributed by atoms with Gasteiger partial charge < -0.3 is 9.84 Å². The summed E-state index contributed by atoms with van der Waals surface area (Å²) in [6.45, 7) is 1.80. The van der Waals surface area contributed by atoms with E-state index in [1.54, 1.807) is 0 Å². The summed E-state index contributed by atoms with van der Waals surface area (Å²) in [7, 11) is 0. The minimum Gasteiger partial charge on any atom is -0.396 e. The van der Waals surface area contributed by atoms with Crippen LogP contribution < -0.4 is 0 Å². The predicted octanol–water partition coefficient (Wildman–Crippen LogP) is 1.41. The molecule has 13 heavy (non-hydrogen) atoms. The van der Waals surface area contributed by atoms with E-state index in [1.807, 2.05) is 18.2 Å². The average molecular weight is 178 g/mol. The molecule has 1 N–H and O–H groups in total. The molecule has 1 fully saturated rings. The van der Waals surface area contributed by atoms with Gasteiger partial charge >= 0.3 is 0 Å². The van der Waals surface area contributed by atoms with E-state index in [1.165, 1.54) is 5.56 Å². The molecule has 2 rings (SSSR count). The molecule has 0 saturated carbocycles. The maximum absolute atomic E-state index is 9.26. The van der Waals surface area contributed by atoms with E-state index in [9.17, 15) is 5.11 Å². The first-order valence-corrected chi connectivity index (χ1v) is 4.65. The number of aliphatic hydroxyl groups is 1. The minimum absolute atomic E-state index is 0.220. The van der Waals surface area contributed by atoms with Crippen molar-refractivity contribution in [3.8, 4) is 0 Å². The molecule has 1 heterocycles. The quantitative estimate of drug-likeness (QED) is 0.758. The van der Waals surface area contributed by atoms with E-state index in [2.05, 4.69) is 12.1 Å². The number of hydrogen-bond donors (Lipinski definition) is 1. The second kappa shape index (κ2) is 3.90. The lowest BCUT2D eigenvalue weighted by Gasteiger charge is -2.32. The Morgan fingerprint density at radius 3 is 2.46 bits per heavy atom. The highest BCUT2D eigenvalue weighted by molar-refractivity contribution is 5.20. The van der Waals surface area contributed by atoms with E-state index < -0.39 is 0 Å². The van der Waals surface area contributed by atoms with Crippen LogP contribution in [0.2, 0.25) is 0 Å². The van der Waals surface area contributed by atoms with Crippen molar-refractivity contribution >= 4 is 0 Å². The highest BCUT2D eigenvalue weighted by Gasteiger charge is 2.28. The van der Waals surface area contributed by atoms with Gasteiger partial charge in [0.1, 0.15) is 0 Å². The lowest BCUT2D eigenvalue weighted by atomic mass is 9.85. The zero-order valence-corrected chi connectivity index (χ0v) is 7.52. The van der Waals surface area contributed by atoms with Crippen molar-refractivity contribution in [1.82, 2.24) is 0 Å². The molecule has 70 valence electrons. The van der Waals surface area contributed by atoms with Gasteiger partial charge in [-0.3, -0.25) is 0 Å². The molecule has 0 radical (unpaired) electrons. The van der Waals surface area contributed by atoms with Crippen molar-refractivity contribution < 1.29 is 9.84 Å². The Hall–Kier alpha value is -0.860. The third-order valence-corrected chi connectivity index (χ3v) is 2.66. The fourth-order valence-corrected chi connectivity index (χ4v) is 1.71. The van der Waals surface area contributed by atoms with E-state index in [4.69, 9.17) is 4.74 Å². The highest BCUT2D eigenvalue weighted by Crippen LogP contribution is 2.29. The first-order chi connectivity index (χ1) is 6.42. The van der Waals surface area contributed by atoms with E-state index in [0.717, 1.165) is 13.2 Å². The van der Waals surface area contributed by atoms with Crippen LogP contribution in [0.1, 0.15) is 11.5 Å². The van der Waals surface area contributed by atoms with Crippen LogP contribution in [0.5, 0.6) is 0 Å². The summed E-state index contributed by atoms with van der Waals surface area (Å²) in [4.78, 5) is 0. The molecule has 0 spiro atoms. The van der Waals surface area contributed by atoms with E-state index in [-0.39, 0.29) is 12.5 Å². The molecule has 2 heteroatoms. The van der Waals surface area contributed by atoms with Gasteiger partial charge in [0.25, 0.3) is 0 Å². The van der Waals surface area contributed by atoms with E-state index in [0.29, 0.717) is 5.92 Å². The van der Waals surface area contributed by atoms with Crippen LogP contribution >= 0.6 is 0 Å². The Morgan fingerprint density at radius 2 is 2.00 bits per heavy atom. The van der Waals surface area contributed by atoms with Crippen LogP contribution in [0.3, 0.4) is 0 Å². The largest absolute Gasteiger partial charge is 0.396 e. The number of aliphatic hydroxyl groups excluding tert-OH is 1. The second-order valence-corrected chi connectivity index (χ2v) is 3.50. The molecular weight excluding hydrogens is 164 g/mol. The second-order valence-electron chi connectivity index (χ2n) is 3.50. The Bertz CT molecular complexity index is 254. The maximum Gasteiger partial charge on any atom is 0.0523 e. The Labute approximate surface area is 78.2 Å². The SMILES string of the molecule is OCC(c1ccccc1)C1COC1. The van der Waals surface area contributed by atoms with Crippen LogP contribution in [0.15, 0.2) is 30.3 Å². The first kappa shape index (κ1) is 8.73.